The van der Waals surface area contributed by atoms with Gasteiger partial charge in [0.25, 0.3) is 0 Å². The van der Waals surface area contributed by atoms with Crippen molar-refractivity contribution in [1.29, 1.82) is 0 Å². The Bertz CT molecular complexity index is 667. The van der Waals surface area contributed by atoms with E-state index in [9.17, 15) is 19.5 Å². The van der Waals surface area contributed by atoms with Gasteiger partial charge in [0.1, 0.15) is 6.04 Å². The molecule has 1 aliphatic carbocycles. The monoisotopic (exact) mass is 407 g/mol. The van der Waals surface area contributed by atoms with Crippen LogP contribution in [0.3, 0.4) is 0 Å². The van der Waals surface area contributed by atoms with Crippen molar-refractivity contribution in [2.75, 3.05) is 13.7 Å². The minimum Gasteiger partial charge on any atom is -0.394 e. The van der Waals surface area contributed by atoms with Gasteiger partial charge in [-0.05, 0) is 39.0 Å². The van der Waals surface area contributed by atoms with Crippen LogP contribution < -0.4 is 10.6 Å². The lowest BCUT2D eigenvalue weighted by molar-refractivity contribution is -0.144. The van der Waals surface area contributed by atoms with E-state index < -0.39 is 35.4 Å². The molecule has 2 rings (SSSR count). The third-order valence-corrected chi connectivity index (χ3v) is 6.15. The van der Waals surface area contributed by atoms with Crippen LogP contribution in [-0.4, -0.2) is 59.0 Å². The highest BCUT2D eigenvalue weighted by atomic mass is 16.3. The molecule has 3 N–H and O–H groups in total. The number of amides is 3. The van der Waals surface area contributed by atoms with E-state index in [4.69, 9.17) is 0 Å². The molecule has 0 saturated carbocycles. The van der Waals surface area contributed by atoms with Crippen molar-refractivity contribution in [2.45, 2.75) is 65.6 Å². The Morgan fingerprint density at radius 1 is 1.21 bits per heavy atom. The zero-order chi connectivity index (χ0) is 22.1. The van der Waals surface area contributed by atoms with Gasteiger partial charge in [0.15, 0.2) is 0 Å². The van der Waals surface area contributed by atoms with Gasteiger partial charge in [-0.25, -0.2) is 0 Å². The molecule has 6 atom stereocenters. The molecule has 1 saturated heterocycles. The number of rotatable bonds is 6. The standard InChI is InChI=1S/C22H37N3O4/c1-8-13-9-10-14-17(16(13)19(27)23-7)21(29)25(15(11-26)12(2)3)18(14)20(28)24-22(4,5)6/h9-10,12-18,26H,8,11H2,1-7H3,(H,23,27)(H,24,28)/t13-,14+,15+,16-,17-,18+/m1/s1. The first-order valence-electron chi connectivity index (χ1n) is 10.6. The molecule has 2 aliphatic rings. The predicted molar refractivity (Wildman–Crippen MR) is 112 cm³/mol. The molecular weight excluding hydrogens is 370 g/mol. The van der Waals surface area contributed by atoms with Gasteiger partial charge in [-0.1, -0.05) is 32.9 Å². The normalized spacial score (nSPS) is 30.3. The van der Waals surface area contributed by atoms with Crippen molar-refractivity contribution in [2.24, 2.45) is 29.6 Å². The predicted octanol–water partition coefficient (Wildman–Crippen LogP) is 1.32. The molecule has 3 amide bonds. The zero-order valence-electron chi connectivity index (χ0n) is 18.7. The first-order chi connectivity index (χ1) is 13.5. The summed E-state index contributed by atoms with van der Waals surface area (Å²) >= 11 is 0. The van der Waals surface area contributed by atoms with Gasteiger partial charge in [-0.3, -0.25) is 14.4 Å². The summed E-state index contributed by atoms with van der Waals surface area (Å²) in [6.45, 7) is 11.3. The van der Waals surface area contributed by atoms with Gasteiger partial charge in [-0.2, -0.15) is 0 Å². The number of likely N-dealkylation sites (tertiary alicyclic amines) is 1. The molecule has 0 unspecified atom stereocenters. The summed E-state index contributed by atoms with van der Waals surface area (Å²) < 4.78 is 0. The second-order valence-electron chi connectivity index (χ2n) is 9.62. The highest BCUT2D eigenvalue weighted by Crippen LogP contribution is 2.46. The lowest BCUT2D eigenvalue weighted by atomic mass is 9.68. The third kappa shape index (κ3) is 4.49. The second kappa shape index (κ2) is 8.86. The summed E-state index contributed by atoms with van der Waals surface area (Å²) in [5.74, 6) is -2.24. The van der Waals surface area contributed by atoms with E-state index in [1.54, 1.807) is 11.9 Å². The Balaban J connectivity index is 2.57. The number of nitrogens with one attached hydrogen (secondary N) is 2. The number of hydrogen-bond acceptors (Lipinski definition) is 4. The highest BCUT2D eigenvalue weighted by Gasteiger charge is 2.58. The van der Waals surface area contributed by atoms with Crippen LogP contribution in [0.5, 0.6) is 0 Å². The molecule has 0 bridgehead atoms. The van der Waals surface area contributed by atoms with E-state index in [1.165, 1.54) is 0 Å². The van der Waals surface area contributed by atoms with Crippen LogP contribution in [-0.2, 0) is 14.4 Å². The van der Waals surface area contributed by atoms with Gasteiger partial charge >= 0.3 is 0 Å². The average molecular weight is 408 g/mol. The quantitative estimate of drug-likeness (QED) is 0.578. The van der Waals surface area contributed by atoms with E-state index in [1.807, 2.05) is 53.7 Å². The van der Waals surface area contributed by atoms with Crippen molar-refractivity contribution in [1.82, 2.24) is 15.5 Å². The maximum atomic E-state index is 13.6. The maximum Gasteiger partial charge on any atom is 0.243 e. The van der Waals surface area contributed by atoms with E-state index in [0.29, 0.717) is 0 Å². The zero-order valence-corrected chi connectivity index (χ0v) is 18.7. The van der Waals surface area contributed by atoms with Crippen molar-refractivity contribution in [3.05, 3.63) is 12.2 Å². The average Bonchev–Trinajstić information content (AvgIpc) is 2.92. The number of fused-ring (bicyclic) bond motifs is 1. The summed E-state index contributed by atoms with van der Waals surface area (Å²) in [6.07, 6.45) is 4.66. The van der Waals surface area contributed by atoms with Crippen molar-refractivity contribution in [3.8, 4) is 0 Å². The summed E-state index contributed by atoms with van der Waals surface area (Å²) in [4.78, 5) is 41.2. The van der Waals surface area contributed by atoms with Gasteiger partial charge in [0.2, 0.25) is 17.7 Å². The molecule has 164 valence electrons. The van der Waals surface area contributed by atoms with Gasteiger partial charge in [0.05, 0.1) is 24.5 Å². The summed E-state index contributed by atoms with van der Waals surface area (Å²) in [6, 6.07) is -1.23. The Hall–Kier alpha value is -1.89. The number of carbonyl (C=O) groups is 3. The first kappa shape index (κ1) is 23.4. The molecule has 29 heavy (non-hydrogen) atoms. The molecule has 1 aliphatic heterocycles. The van der Waals surface area contributed by atoms with E-state index >= 15 is 0 Å². The third-order valence-electron chi connectivity index (χ3n) is 6.15. The van der Waals surface area contributed by atoms with Crippen molar-refractivity contribution >= 4 is 17.7 Å². The largest absolute Gasteiger partial charge is 0.394 e. The van der Waals surface area contributed by atoms with E-state index in [2.05, 4.69) is 10.6 Å². The molecule has 1 fully saturated rings. The smallest absolute Gasteiger partial charge is 0.243 e. The lowest BCUT2D eigenvalue weighted by Gasteiger charge is -2.36. The molecule has 1 heterocycles. The van der Waals surface area contributed by atoms with Crippen LogP contribution in [0, 0.1) is 29.6 Å². The van der Waals surface area contributed by atoms with Crippen LogP contribution in [0.15, 0.2) is 12.2 Å². The fourth-order valence-electron chi connectivity index (χ4n) is 4.78. The Morgan fingerprint density at radius 3 is 2.28 bits per heavy atom. The number of hydrogen-bond donors (Lipinski definition) is 3. The van der Waals surface area contributed by atoms with E-state index in [0.717, 1.165) is 6.42 Å². The molecule has 0 aromatic rings. The Kier molecular flexibility index (Phi) is 7.14. The highest BCUT2D eigenvalue weighted by molar-refractivity contribution is 5.97. The SMILES string of the molecule is CC[C@@H]1C=C[C@H]2[C@@H](C(=O)N([C@@H](CO)C(C)C)[C@@H]2C(=O)NC(C)(C)C)[C@@H]1C(=O)NC. The maximum absolute atomic E-state index is 13.6. The molecular formula is C22H37N3O4. The van der Waals surface area contributed by atoms with Crippen molar-refractivity contribution in [3.63, 3.8) is 0 Å². The molecule has 0 spiro atoms. The topological polar surface area (TPSA) is 98.7 Å². The Morgan fingerprint density at radius 2 is 1.83 bits per heavy atom. The van der Waals surface area contributed by atoms with Gasteiger partial charge in [-0.15, -0.1) is 0 Å². The van der Waals surface area contributed by atoms with Crippen LogP contribution in [0.2, 0.25) is 0 Å². The van der Waals surface area contributed by atoms with Crippen LogP contribution in [0.25, 0.3) is 0 Å². The first-order valence-corrected chi connectivity index (χ1v) is 10.6. The fourth-order valence-corrected chi connectivity index (χ4v) is 4.78. The van der Waals surface area contributed by atoms with Crippen LogP contribution in [0.4, 0.5) is 0 Å². The molecule has 0 aromatic heterocycles. The lowest BCUT2D eigenvalue weighted by Crippen LogP contribution is -2.56. The fraction of sp³-hybridized carbons (Fsp3) is 0.773. The minimum atomic E-state index is -0.743. The second-order valence-corrected chi connectivity index (χ2v) is 9.62. The number of nitrogens with zero attached hydrogens (tertiary/aromatic N) is 1. The van der Waals surface area contributed by atoms with Crippen LogP contribution >= 0.6 is 0 Å². The van der Waals surface area contributed by atoms with Crippen LogP contribution in [0.1, 0.15) is 48.0 Å². The molecule has 7 heteroatoms. The summed E-state index contributed by atoms with van der Waals surface area (Å²) in [5.41, 5.74) is -0.457. The Labute approximate surface area is 174 Å². The van der Waals surface area contributed by atoms with Crippen molar-refractivity contribution < 1.29 is 19.5 Å². The summed E-state index contributed by atoms with van der Waals surface area (Å²) in [7, 11) is 1.58. The molecule has 0 radical (unpaired) electrons. The molecule has 7 nitrogen and oxygen atoms in total. The van der Waals surface area contributed by atoms with E-state index in [-0.39, 0.29) is 36.2 Å². The number of allylic oxidation sites excluding steroid dienone is 1. The van der Waals surface area contributed by atoms with Gasteiger partial charge in [0, 0.05) is 18.5 Å². The number of carbonyl (C=O) groups excluding carboxylic acids is 3. The van der Waals surface area contributed by atoms with Gasteiger partial charge < -0.3 is 20.6 Å². The minimum absolute atomic E-state index is 0.0292. The number of aliphatic hydroxyl groups excluding tert-OH is 1. The number of aliphatic hydroxyl groups is 1. The molecule has 0 aromatic carbocycles. The summed E-state index contributed by atoms with van der Waals surface area (Å²) in [5, 5.41) is 15.7.